The summed E-state index contributed by atoms with van der Waals surface area (Å²) < 4.78 is 0. The van der Waals surface area contributed by atoms with E-state index in [1.165, 1.54) is 12.8 Å². The third-order valence-corrected chi connectivity index (χ3v) is 7.83. The molecule has 2 N–H and O–H groups in total. The molecule has 1 aromatic rings. The van der Waals surface area contributed by atoms with Crippen LogP contribution >= 0.6 is 0 Å². The van der Waals surface area contributed by atoms with Crippen LogP contribution in [0.4, 0.5) is 17.5 Å². The van der Waals surface area contributed by atoms with Gasteiger partial charge in [-0.25, -0.2) is 4.98 Å². The lowest BCUT2D eigenvalue weighted by Crippen LogP contribution is -2.55. The molecule has 0 bridgehead atoms. The highest BCUT2D eigenvalue weighted by Gasteiger charge is 2.41. The Morgan fingerprint density at radius 2 is 1.88 bits per heavy atom. The standard InChI is InChI=1S/C25H40N6O3/c1-6-19-22(32)29(5)20-15-26-24(28-21(20)31(19)18-9-7-8-10-18)27-16(2)17-11-13-30(14-12-17)23(33)25(3,4)34/h15-19,34H,6-14H2,1-5H3,(H,26,27,28)/t16?,19-/m1/s1. The number of aromatic nitrogens is 2. The predicted octanol–water partition coefficient (Wildman–Crippen LogP) is 2.79. The number of aliphatic hydroxyl groups is 1. The number of amides is 2. The van der Waals surface area contributed by atoms with Gasteiger partial charge in [0.2, 0.25) is 11.9 Å². The zero-order chi connectivity index (χ0) is 24.6. The molecule has 1 saturated carbocycles. The first kappa shape index (κ1) is 24.7. The molecule has 2 aliphatic heterocycles. The molecule has 9 heteroatoms. The third kappa shape index (κ3) is 4.72. The summed E-state index contributed by atoms with van der Waals surface area (Å²) in [6, 6.07) is 0.305. The number of carbonyl (C=O) groups is 2. The predicted molar refractivity (Wildman–Crippen MR) is 133 cm³/mol. The van der Waals surface area contributed by atoms with Gasteiger partial charge in [0, 0.05) is 32.2 Å². The molecule has 0 radical (unpaired) electrons. The van der Waals surface area contributed by atoms with Crippen LogP contribution in [0.15, 0.2) is 6.20 Å². The van der Waals surface area contributed by atoms with E-state index < -0.39 is 5.60 Å². The fraction of sp³-hybridized carbons (Fsp3) is 0.760. The minimum absolute atomic E-state index is 0.118. The lowest BCUT2D eigenvalue weighted by molar-refractivity contribution is -0.149. The highest BCUT2D eigenvalue weighted by Crippen LogP contribution is 2.40. The summed E-state index contributed by atoms with van der Waals surface area (Å²) in [6.07, 6.45) is 8.83. The fourth-order valence-electron chi connectivity index (χ4n) is 5.76. The van der Waals surface area contributed by atoms with E-state index in [-0.39, 0.29) is 23.9 Å². The van der Waals surface area contributed by atoms with Crippen LogP contribution < -0.4 is 15.1 Å². The van der Waals surface area contributed by atoms with Gasteiger partial charge in [0.1, 0.15) is 17.3 Å². The molecule has 9 nitrogen and oxygen atoms in total. The maximum atomic E-state index is 13.1. The second-order valence-corrected chi connectivity index (χ2v) is 10.7. The lowest BCUT2D eigenvalue weighted by Gasteiger charge is -2.43. The maximum Gasteiger partial charge on any atom is 0.253 e. The summed E-state index contributed by atoms with van der Waals surface area (Å²) in [6.45, 7) is 8.58. The van der Waals surface area contributed by atoms with Crippen LogP contribution in [0.2, 0.25) is 0 Å². The Labute approximate surface area is 202 Å². The quantitative estimate of drug-likeness (QED) is 0.656. The van der Waals surface area contributed by atoms with Crippen LogP contribution in [0.3, 0.4) is 0 Å². The average molecular weight is 473 g/mol. The van der Waals surface area contributed by atoms with Gasteiger partial charge in [-0.3, -0.25) is 9.59 Å². The number of likely N-dealkylation sites (N-methyl/N-ethyl adjacent to an activating group) is 1. The minimum atomic E-state index is -1.33. The van der Waals surface area contributed by atoms with E-state index in [2.05, 4.69) is 29.0 Å². The van der Waals surface area contributed by atoms with Crippen molar-refractivity contribution in [3.8, 4) is 0 Å². The van der Waals surface area contributed by atoms with Gasteiger partial charge in [-0.2, -0.15) is 4.98 Å². The van der Waals surface area contributed by atoms with E-state index in [1.54, 1.807) is 29.8 Å². The molecule has 3 aliphatic rings. The highest BCUT2D eigenvalue weighted by molar-refractivity contribution is 6.04. The number of anilines is 3. The van der Waals surface area contributed by atoms with E-state index in [4.69, 9.17) is 4.98 Å². The van der Waals surface area contributed by atoms with Crippen LogP contribution in [0, 0.1) is 5.92 Å². The van der Waals surface area contributed by atoms with Gasteiger partial charge < -0.3 is 25.1 Å². The first-order chi connectivity index (χ1) is 16.1. The lowest BCUT2D eigenvalue weighted by atomic mass is 9.89. The molecule has 188 valence electrons. The molecule has 2 fully saturated rings. The van der Waals surface area contributed by atoms with Crippen molar-refractivity contribution in [1.29, 1.82) is 0 Å². The molecule has 1 aliphatic carbocycles. The first-order valence-corrected chi connectivity index (χ1v) is 12.8. The van der Waals surface area contributed by atoms with E-state index in [0.717, 1.165) is 43.6 Å². The van der Waals surface area contributed by atoms with Gasteiger partial charge in [0.25, 0.3) is 5.91 Å². The molecule has 1 unspecified atom stereocenters. The van der Waals surface area contributed by atoms with Crippen molar-refractivity contribution in [1.82, 2.24) is 14.9 Å². The van der Waals surface area contributed by atoms with Crippen molar-refractivity contribution in [3.05, 3.63) is 6.20 Å². The number of nitrogens with one attached hydrogen (secondary N) is 1. The number of nitrogens with zero attached hydrogens (tertiary/aromatic N) is 5. The third-order valence-electron chi connectivity index (χ3n) is 7.83. The number of fused-ring (bicyclic) bond motifs is 1. The Balaban J connectivity index is 1.48. The Kier molecular flexibility index (Phi) is 7.03. The zero-order valence-corrected chi connectivity index (χ0v) is 21.3. The number of piperidine rings is 1. The second-order valence-electron chi connectivity index (χ2n) is 10.7. The summed E-state index contributed by atoms with van der Waals surface area (Å²) in [7, 11) is 1.82. The Bertz CT molecular complexity index is 902. The molecule has 1 saturated heterocycles. The van der Waals surface area contributed by atoms with Gasteiger partial charge in [-0.1, -0.05) is 19.8 Å². The van der Waals surface area contributed by atoms with Gasteiger partial charge in [0.05, 0.1) is 6.20 Å². The minimum Gasteiger partial charge on any atom is -0.381 e. The van der Waals surface area contributed by atoms with Crippen molar-refractivity contribution in [3.63, 3.8) is 0 Å². The number of likely N-dealkylation sites (tertiary alicyclic amines) is 1. The summed E-state index contributed by atoms with van der Waals surface area (Å²) in [5.74, 6) is 1.73. The molecule has 1 aromatic heterocycles. The monoisotopic (exact) mass is 472 g/mol. The molecule has 2 atom stereocenters. The van der Waals surface area contributed by atoms with Crippen molar-refractivity contribution in [2.75, 3.05) is 35.3 Å². The van der Waals surface area contributed by atoms with Crippen molar-refractivity contribution in [2.45, 2.75) is 96.4 Å². The summed E-state index contributed by atoms with van der Waals surface area (Å²) in [5.41, 5.74) is -0.553. The fourth-order valence-corrected chi connectivity index (χ4v) is 5.76. The SMILES string of the molecule is CC[C@@H]1C(=O)N(C)c2cnc(NC(C)C3CCN(C(=O)C(C)(C)O)CC3)nc2N1C1CCCC1. The molecular formula is C25H40N6O3. The summed E-state index contributed by atoms with van der Waals surface area (Å²) >= 11 is 0. The normalized spacial score (nSPS) is 23.3. The molecule has 2 amide bonds. The summed E-state index contributed by atoms with van der Waals surface area (Å²) in [4.78, 5) is 40.7. The highest BCUT2D eigenvalue weighted by atomic mass is 16.3. The molecule has 4 rings (SSSR count). The van der Waals surface area contributed by atoms with Crippen molar-refractivity contribution < 1.29 is 14.7 Å². The van der Waals surface area contributed by atoms with E-state index in [9.17, 15) is 14.7 Å². The molecule has 0 spiro atoms. The number of hydrogen-bond acceptors (Lipinski definition) is 7. The Morgan fingerprint density at radius 3 is 2.47 bits per heavy atom. The topological polar surface area (TPSA) is 102 Å². The number of rotatable bonds is 6. The molecule has 0 aromatic carbocycles. The van der Waals surface area contributed by atoms with Crippen LogP contribution in [0.5, 0.6) is 0 Å². The van der Waals surface area contributed by atoms with Gasteiger partial charge >= 0.3 is 0 Å². The van der Waals surface area contributed by atoms with Gasteiger partial charge in [-0.05, 0) is 58.8 Å². The molecule has 34 heavy (non-hydrogen) atoms. The molecular weight excluding hydrogens is 432 g/mol. The second kappa shape index (κ2) is 9.68. The smallest absolute Gasteiger partial charge is 0.253 e. The first-order valence-electron chi connectivity index (χ1n) is 12.8. The van der Waals surface area contributed by atoms with E-state index in [1.807, 2.05) is 7.05 Å². The van der Waals surface area contributed by atoms with Crippen LogP contribution in [0.1, 0.15) is 72.6 Å². The maximum absolute atomic E-state index is 13.1. The van der Waals surface area contributed by atoms with E-state index in [0.29, 0.717) is 31.0 Å². The largest absolute Gasteiger partial charge is 0.381 e. The zero-order valence-electron chi connectivity index (χ0n) is 21.3. The van der Waals surface area contributed by atoms with Crippen LogP contribution in [-0.2, 0) is 9.59 Å². The van der Waals surface area contributed by atoms with E-state index >= 15 is 0 Å². The molecule has 3 heterocycles. The number of carbonyl (C=O) groups excluding carboxylic acids is 2. The van der Waals surface area contributed by atoms with Gasteiger partial charge in [0.15, 0.2) is 5.82 Å². The van der Waals surface area contributed by atoms with Crippen molar-refractivity contribution >= 4 is 29.3 Å². The van der Waals surface area contributed by atoms with Gasteiger partial charge in [-0.15, -0.1) is 0 Å². The Morgan fingerprint density at radius 1 is 1.24 bits per heavy atom. The van der Waals surface area contributed by atoms with Crippen LogP contribution in [0.25, 0.3) is 0 Å². The van der Waals surface area contributed by atoms with Crippen molar-refractivity contribution in [2.24, 2.45) is 5.92 Å². The van der Waals surface area contributed by atoms with Crippen LogP contribution in [-0.4, -0.2) is 75.7 Å². The summed E-state index contributed by atoms with van der Waals surface area (Å²) in [5, 5.41) is 13.5. The average Bonchev–Trinajstić information content (AvgIpc) is 3.34. The number of hydrogen-bond donors (Lipinski definition) is 2. The Hall–Kier alpha value is -2.42.